The molecular weight excluding hydrogens is 498 g/mol. The fourth-order valence-corrected chi connectivity index (χ4v) is 4.80. The first-order chi connectivity index (χ1) is 20.2. The summed E-state index contributed by atoms with van der Waals surface area (Å²) in [5, 5.41) is 7.06. The van der Waals surface area contributed by atoms with Crippen LogP contribution in [0.15, 0.2) is 162 Å². The molecule has 1 aliphatic rings. The molecule has 0 heterocycles. The van der Waals surface area contributed by atoms with E-state index in [1.165, 1.54) is 5.56 Å². The van der Waals surface area contributed by atoms with Crippen molar-refractivity contribution >= 4 is 40.2 Å². The number of para-hydroxylation sites is 2. The minimum Gasteiger partial charge on any atom is -0.356 e. The Balaban J connectivity index is 1.30. The lowest BCUT2D eigenvalue weighted by atomic mass is 9.96. The molecule has 0 unspecified atom stereocenters. The lowest BCUT2D eigenvalue weighted by molar-refractivity contribution is 1.45. The fourth-order valence-electron chi connectivity index (χ4n) is 4.80. The quantitative estimate of drug-likeness (QED) is 0.220. The minimum absolute atomic E-state index is 0.938. The van der Waals surface area contributed by atoms with E-state index in [1.54, 1.807) is 0 Å². The second-order valence-electron chi connectivity index (χ2n) is 10.0. The highest BCUT2D eigenvalue weighted by molar-refractivity contribution is 6.07. The third-order valence-electron chi connectivity index (χ3n) is 6.85. The van der Waals surface area contributed by atoms with E-state index in [2.05, 4.69) is 127 Å². The first-order valence-corrected chi connectivity index (χ1v) is 13.8. The summed E-state index contributed by atoms with van der Waals surface area (Å²) in [7, 11) is 0. The Morgan fingerprint density at radius 3 is 1.85 bits per heavy atom. The summed E-state index contributed by atoms with van der Waals surface area (Å²) in [5.74, 6) is 0. The molecule has 0 amide bonds. The van der Waals surface area contributed by atoms with Crippen molar-refractivity contribution in [1.82, 2.24) is 0 Å². The van der Waals surface area contributed by atoms with Gasteiger partial charge in [0.05, 0.1) is 11.4 Å². The highest BCUT2D eigenvalue weighted by Crippen LogP contribution is 2.32. The van der Waals surface area contributed by atoms with Gasteiger partial charge in [-0.15, -0.1) is 0 Å². The third-order valence-corrected chi connectivity index (χ3v) is 6.85. The topological polar surface area (TPSA) is 36.4 Å². The minimum atomic E-state index is 0.938. The van der Waals surface area contributed by atoms with Crippen molar-refractivity contribution in [3.05, 3.63) is 168 Å². The Morgan fingerprint density at radius 2 is 1.15 bits per heavy atom. The van der Waals surface area contributed by atoms with Gasteiger partial charge in [-0.3, -0.25) is 0 Å². The van der Waals surface area contributed by atoms with Crippen LogP contribution in [0.2, 0.25) is 0 Å². The number of anilines is 4. The number of hydrogen-bond donors (Lipinski definition) is 2. The summed E-state index contributed by atoms with van der Waals surface area (Å²) >= 11 is 0. The molecule has 6 rings (SSSR count). The molecule has 0 fully saturated rings. The molecule has 3 nitrogen and oxygen atoms in total. The second-order valence-corrected chi connectivity index (χ2v) is 10.0. The molecule has 2 N–H and O–H groups in total. The van der Waals surface area contributed by atoms with E-state index in [4.69, 9.17) is 4.99 Å². The van der Waals surface area contributed by atoms with Crippen molar-refractivity contribution in [2.75, 3.05) is 10.6 Å². The summed E-state index contributed by atoms with van der Waals surface area (Å²) in [6.07, 6.45) is 10.6. The van der Waals surface area contributed by atoms with Crippen molar-refractivity contribution in [2.24, 2.45) is 4.99 Å². The lowest BCUT2D eigenvalue weighted by Gasteiger charge is -2.14. The summed E-state index contributed by atoms with van der Waals surface area (Å²) in [4.78, 5) is 4.72. The van der Waals surface area contributed by atoms with E-state index in [9.17, 15) is 0 Å². The number of benzene rings is 5. The number of nitrogens with one attached hydrogen (secondary N) is 2. The van der Waals surface area contributed by atoms with Crippen molar-refractivity contribution in [3.63, 3.8) is 0 Å². The first-order valence-electron chi connectivity index (χ1n) is 13.8. The molecule has 0 bridgehead atoms. The smallest absolute Gasteiger partial charge is 0.0637 e. The summed E-state index contributed by atoms with van der Waals surface area (Å²) in [5.41, 5.74) is 12.0. The second kappa shape index (κ2) is 12.2. The van der Waals surface area contributed by atoms with E-state index in [0.29, 0.717) is 0 Å². The maximum atomic E-state index is 4.72. The Hall–Kier alpha value is -5.41. The van der Waals surface area contributed by atoms with Crippen molar-refractivity contribution in [3.8, 4) is 11.1 Å². The predicted octanol–water partition coefficient (Wildman–Crippen LogP) is 10.4. The van der Waals surface area contributed by atoms with Crippen LogP contribution in [0.3, 0.4) is 0 Å². The van der Waals surface area contributed by atoms with Crippen LogP contribution in [0.5, 0.6) is 0 Å². The van der Waals surface area contributed by atoms with Crippen LogP contribution in [0.25, 0.3) is 17.2 Å². The van der Waals surface area contributed by atoms with Gasteiger partial charge in [-0.1, -0.05) is 78.9 Å². The van der Waals surface area contributed by atoms with Gasteiger partial charge in [-0.25, -0.2) is 4.99 Å². The average molecular weight is 530 g/mol. The molecule has 5 aromatic rings. The highest BCUT2D eigenvalue weighted by atomic mass is 14.9. The van der Waals surface area contributed by atoms with Crippen LogP contribution in [0.4, 0.5) is 28.4 Å². The number of aryl methyl sites for hydroxylation is 1. The fraction of sp³-hybridized carbons (Fsp3) is 0.0263. The van der Waals surface area contributed by atoms with Gasteiger partial charge in [0.2, 0.25) is 0 Å². The van der Waals surface area contributed by atoms with Crippen molar-refractivity contribution < 1.29 is 0 Å². The first kappa shape index (κ1) is 25.8. The van der Waals surface area contributed by atoms with Gasteiger partial charge >= 0.3 is 0 Å². The predicted molar refractivity (Wildman–Crippen MR) is 176 cm³/mol. The van der Waals surface area contributed by atoms with Crippen LogP contribution in [-0.2, 0) is 0 Å². The standard InChI is InChI=1S/C38H31N3/c1-28-9-8-14-36(25-28)41-35-22-17-30(18-23-35)38-27-37(40-33-12-6-3-7-13-33)24-19-31(38)26-29-15-20-34(21-16-29)39-32-10-4-2-5-11-32/h2-27,40-41H,1H3. The van der Waals surface area contributed by atoms with Crippen LogP contribution in [0, 0.1) is 6.92 Å². The summed E-state index contributed by atoms with van der Waals surface area (Å²) in [6, 6.07) is 43.9. The van der Waals surface area contributed by atoms with Crippen LogP contribution in [0.1, 0.15) is 11.1 Å². The van der Waals surface area contributed by atoms with E-state index in [-0.39, 0.29) is 0 Å². The molecule has 3 heteroatoms. The summed E-state index contributed by atoms with van der Waals surface area (Å²) < 4.78 is 0. The largest absolute Gasteiger partial charge is 0.356 e. The van der Waals surface area contributed by atoms with Crippen molar-refractivity contribution in [2.45, 2.75) is 6.92 Å². The van der Waals surface area contributed by atoms with Crippen LogP contribution < -0.4 is 10.6 Å². The van der Waals surface area contributed by atoms with Gasteiger partial charge in [0, 0.05) is 22.7 Å². The van der Waals surface area contributed by atoms with Gasteiger partial charge in [0.15, 0.2) is 0 Å². The van der Waals surface area contributed by atoms with E-state index in [0.717, 1.165) is 56.4 Å². The van der Waals surface area contributed by atoms with Crippen molar-refractivity contribution in [1.29, 1.82) is 0 Å². The number of aliphatic imine (C=N–C) groups is 1. The Morgan fingerprint density at radius 1 is 0.537 bits per heavy atom. The summed E-state index contributed by atoms with van der Waals surface area (Å²) in [6.45, 7) is 2.11. The highest BCUT2D eigenvalue weighted by Gasteiger charge is 2.08. The molecule has 0 saturated heterocycles. The number of nitrogens with zero attached hydrogens (tertiary/aromatic N) is 1. The molecule has 0 aliphatic heterocycles. The molecule has 0 radical (unpaired) electrons. The molecule has 198 valence electrons. The van der Waals surface area contributed by atoms with Gasteiger partial charge in [0.25, 0.3) is 0 Å². The van der Waals surface area contributed by atoms with Gasteiger partial charge in [0.1, 0.15) is 0 Å². The molecular formula is C38H31N3. The zero-order chi connectivity index (χ0) is 27.9. The van der Waals surface area contributed by atoms with Gasteiger partial charge in [-0.05, 0) is 114 Å². The van der Waals surface area contributed by atoms with E-state index >= 15 is 0 Å². The molecule has 5 aromatic carbocycles. The monoisotopic (exact) mass is 529 g/mol. The van der Waals surface area contributed by atoms with E-state index < -0.39 is 0 Å². The molecule has 0 saturated carbocycles. The zero-order valence-corrected chi connectivity index (χ0v) is 23.0. The number of hydrogen-bond acceptors (Lipinski definition) is 3. The van der Waals surface area contributed by atoms with Crippen LogP contribution >= 0.6 is 0 Å². The Bertz CT molecular complexity index is 1740. The zero-order valence-electron chi connectivity index (χ0n) is 23.0. The Labute approximate surface area is 241 Å². The lowest BCUT2D eigenvalue weighted by Crippen LogP contribution is -1.95. The maximum absolute atomic E-state index is 4.72. The SMILES string of the molecule is Cc1cccc(Nc2ccc(-c3cc(Nc4ccccc4)ccc3C=C3C=CC(=Nc4ccccc4)C=C3)cc2)c1. The molecule has 1 aliphatic carbocycles. The normalized spacial score (nSPS) is 12.2. The van der Waals surface area contributed by atoms with E-state index in [1.807, 2.05) is 48.5 Å². The molecule has 0 aromatic heterocycles. The average Bonchev–Trinajstić information content (AvgIpc) is 3.00. The third kappa shape index (κ3) is 6.78. The molecule has 0 spiro atoms. The number of rotatable bonds is 7. The number of allylic oxidation sites excluding steroid dienone is 5. The van der Waals surface area contributed by atoms with Crippen LogP contribution in [-0.4, -0.2) is 5.71 Å². The maximum Gasteiger partial charge on any atom is 0.0637 e. The molecule has 0 atom stereocenters. The van der Waals surface area contributed by atoms with Gasteiger partial charge < -0.3 is 10.6 Å². The van der Waals surface area contributed by atoms with Gasteiger partial charge in [-0.2, -0.15) is 0 Å². The Kier molecular flexibility index (Phi) is 7.68. The molecule has 41 heavy (non-hydrogen) atoms.